The lowest BCUT2D eigenvalue weighted by Gasteiger charge is -2.00. The van der Waals surface area contributed by atoms with Gasteiger partial charge in [0, 0.05) is 5.39 Å². The van der Waals surface area contributed by atoms with Gasteiger partial charge in [-0.15, -0.1) is 0 Å². The zero-order valence-corrected chi connectivity index (χ0v) is 8.08. The van der Waals surface area contributed by atoms with E-state index in [0.29, 0.717) is 5.92 Å². The van der Waals surface area contributed by atoms with Gasteiger partial charge in [-0.1, -0.05) is 32.0 Å². The van der Waals surface area contributed by atoms with E-state index in [4.69, 9.17) is 4.42 Å². The van der Waals surface area contributed by atoms with E-state index in [-0.39, 0.29) is 0 Å². The minimum absolute atomic E-state index is 0.681. The molecule has 1 aromatic heterocycles. The van der Waals surface area contributed by atoms with Crippen LogP contribution in [0.5, 0.6) is 0 Å². The van der Waals surface area contributed by atoms with Crippen molar-refractivity contribution in [2.75, 3.05) is 0 Å². The Hall–Kier alpha value is -1.24. The van der Waals surface area contributed by atoms with Gasteiger partial charge in [-0.25, -0.2) is 0 Å². The smallest absolute Gasteiger partial charge is 0.134 e. The highest BCUT2D eigenvalue weighted by Crippen LogP contribution is 2.22. The van der Waals surface area contributed by atoms with Gasteiger partial charge in [-0.2, -0.15) is 0 Å². The molecule has 1 aromatic carbocycles. The zero-order valence-electron chi connectivity index (χ0n) is 8.08. The summed E-state index contributed by atoms with van der Waals surface area (Å²) in [5.74, 6) is 0.681. The Balaban J connectivity index is 2.46. The predicted molar refractivity (Wildman–Crippen MR) is 54.8 cm³/mol. The van der Waals surface area contributed by atoms with E-state index in [2.05, 4.69) is 26.0 Å². The molecular weight excluding hydrogens is 160 g/mol. The summed E-state index contributed by atoms with van der Waals surface area (Å²) in [4.78, 5) is 0. The van der Waals surface area contributed by atoms with Crippen molar-refractivity contribution in [3.8, 4) is 0 Å². The van der Waals surface area contributed by atoms with Gasteiger partial charge in [-0.3, -0.25) is 0 Å². The molecule has 0 spiro atoms. The summed E-state index contributed by atoms with van der Waals surface area (Å²) in [5.41, 5.74) is 2.32. The molecule has 1 heteroatoms. The fraction of sp³-hybridized carbons (Fsp3) is 0.333. The summed E-state index contributed by atoms with van der Waals surface area (Å²) in [6.07, 6.45) is 2.97. The van der Waals surface area contributed by atoms with E-state index in [1.165, 1.54) is 10.9 Å². The second-order valence-corrected chi connectivity index (χ2v) is 3.86. The normalized spacial score (nSPS) is 11.3. The Morgan fingerprint density at radius 1 is 1.23 bits per heavy atom. The van der Waals surface area contributed by atoms with Crippen LogP contribution in [0.2, 0.25) is 0 Å². The minimum Gasteiger partial charge on any atom is -0.464 e. The highest BCUT2D eigenvalue weighted by molar-refractivity contribution is 5.80. The highest BCUT2D eigenvalue weighted by atomic mass is 16.3. The molecular formula is C12H14O. The molecule has 0 aliphatic carbocycles. The Labute approximate surface area is 78.4 Å². The first-order valence-electron chi connectivity index (χ1n) is 4.72. The maximum atomic E-state index is 5.45. The number of hydrogen-bond acceptors (Lipinski definition) is 1. The lowest BCUT2D eigenvalue weighted by Crippen LogP contribution is -1.91. The molecule has 1 nitrogen and oxygen atoms in total. The van der Waals surface area contributed by atoms with Gasteiger partial charge < -0.3 is 4.42 Å². The largest absolute Gasteiger partial charge is 0.464 e. The Morgan fingerprint density at radius 3 is 2.77 bits per heavy atom. The molecule has 0 N–H and O–H groups in total. The van der Waals surface area contributed by atoms with Crippen LogP contribution < -0.4 is 0 Å². The van der Waals surface area contributed by atoms with Gasteiger partial charge in [0.15, 0.2) is 0 Å². The van der Waals surface area contributed by atoms with E-state index in [0.717, 1.165) is 12.0 Å². The lowest BCUT2D eigenvalue weighted by atomic mass is 10.0. The van der Waals surface area contributed by atoms with Crippen LogP contribution in [0, 0.1) is 5.92 Å². The first-order valence-corrected chi connectivity index (χ1v) is 4.72. The standard InChI is InChI=1S/C12H14O/c1-9(2)7-10-8-13-12-6-4-3-5-11(10)12/h3-6,8-9H,7H2,1-2H3. The maximum Gasteiger partial charge on any atom is 0.134 e. The highest BCUT2D eigenvalue weighted by Gasteiger charge is 2.05. The van der Waals surface area contributed by atoms with E-state index >= 15 is 0 Å². The van der Waals surface area contributed by atoms with Crippen LogP contribution >= 0.6 is 0 Å². The maximum absolute atomic E-state index is 5.45. The van der Waals surface area contributed by atoms with Gasteiger partial charge in [0.2, 0.25) is 0 Å². The van der Waals surface area contributed by atoms with Crippen molar-refractivity contribution in [3.05, 3.63) is 36.1 Å². The van der Waals surface area contributed by atoms with Crippen LogP contribution in [-0.4, -0.2) is 0 Å². The molecule has 0 radical (unpaired) electrons. The Bertz CT molecular complexity index is 398. The number of para-hydroxylation sites is 1. The molecule has 2 rings (SSSR count). The topological polar surface area (TPSA) is 13.1 Å². The van der Waals surface area contributed by atoms with Crippen LogP contribution in [0.3, 0.4) is 0 Å². The third-order valence-electron chi connectivity index (χ3n) is 2.19. The van der Waals surface area contributed by atoms with Gasteiger partial charge in [0.1, 0.15) is 5.58 Å². The van der Waals surface area contributed by atoms with Crippen molar-refractivity contribution in [1.29, 1.82) is 0 Å². The van der Waals surface area contributed by atoms with E-state index < -0.39 is 0 Å². The number of benzene rings is 1. The molecule has 0 atom stereocenters. The van der Waals surface area contributed by atoms with E-state index in [1.807, 2.05) is 18.4 Å². The van der Waals surface area contributed by atoms with E-state index in [1.54, 1.807) is 0 Å². The molecule has 1 heterocycles. The van der Waals surface area contributed by atoms with Gasteiger partial charge in [-0.05, 0) is 24.0 Å². The SMILES string of the molecule is CC(C)Cc1coc2ccccc12. The van der Waals surface area contributed by atoms with Crippen molar-refractivity contribution < 1.29 is 4.42 Å². The van der Waals surface area contributed by atoms with Crippen LogP contribution in [0.4, 0.5) is 0 Å². The first-order chi connectivity index (χ1) is 6.27. The third kappa shape index (κ3) is 1.59. The average Bonchev–Trinajstić information content (AvgIpc) is 2.48. The number of hydrogen-bond donors (Lipinski definition) is 0. The molecule has 0 bridgehead atoms. The molecule has 0 saturated carbocycles. The van der Waals surface area contributed by atoms with Crippen molar-refractivity contribution >= 4 is 11.0 Å². The van der Waals surface area contributed by atoms with Crippen molar-refractivity contribution in [1.82, 2.24) is 0 Å². The van der Waals surface area contributed by atoms with Crippen LogP contribution in [-0.2, 0) is 6.42 Å². The fourth-order valence-electron chi connectivity index (χ4n) is 1.63. The van der Waals surface area contributed by atoms with Gasteiger partial charge >= 0.3 is 0 Å². The van der Waals surface area contributed by atoms with E-state index in [9.17, 15) is 0 Å². The molecule has 0 amide bonds. The number of rotatable bonds is 2. The minimum atomic E-state index is 0.681. The van der Waals surface area contributed by atoms with Crippen LogP contribution in [0.25, 0.3) is 11.0 Å². The van der Waals surface area contributed by atoms with Gasteiger partial charge in [0.05, 0.1) is 6.26 Å². The second-order valence-electron chi connectivity index (χ2n) is 3.86. The predicted octanol–water partition coefficient (Wildman–Crippen LogP) is 3.63. The number of furan rings is 1. The van der Waals surface area contributed by atoms with Crippen molar-refractivity contribution in [2.24, 2.45) is 5.92 Å². The Morgan fingerprint density at radius 2 is 2.00 bits per heavy atom. The molecule has 0 fully saturated rings. The molecule has 68 valence electrons. The fourth-order valence-corrected chi connectivity index (χ4v) is 1.63. The molecule has 2 aromatic rings. The molecule has 13 heavy (non-hydrogen) atoms. The second kappa shape index (κ2) is 3.25. The van der Waals surface area contributed by atoms with Gasteiger partial charge in [0.25, 0.3) is 0 Å². The quantitative estimate of drug-likeness (QED) is 0.677. The lowest BCUT2D eigenvalue weighted by molar-refractivity contribution is 0.594. The molecule has 0 saturated heterocycles. The monoisotopic (exact) mass is 174 g/mol. The molecule has 0 aliphatic heterocycles. The summed E-state index contributed by atoms with van der Waals surface area (Å²) in [6, 6.07) is 8.20. The summed E-state index contributed by atoms with van der Waals surface area (Å²) in [5, 5.41) is 1.26. The summed E-state index contributed by atoms with van der Waals surface area (Å²) in [6.45, 7) is 4.45. The number of fused-ring (bicyclic) bond motifs is 1. The van der Waals surface area contributed by atoms with Crippen LogP contribution in [0.1, 0.15) is 19.4 Å². The summed E-state index contributed by atoms with van der Waals surface area (Å²) < 4.78 is 5.45. The zero-order chi connectivity index (χ0) is 9.26. The Kier molecular flexibility index (Phi) is 2.09. The summed E-state index contributed by atoms with van der Waals surface area (Å²) in [7, 11) is 0. The summed E-state index contributed by atoms with van der Waals surface area (Å²) >= 11 is 0. The van der Waals surface area contributed by atoms with Crippen molar-refractivity contribution in [2.45, 2.75) is 20.3 Å². The molecule has 0 unspecified atom stereocenters. The third-order valence-corrected chi connectivity index (χ3v) is 2.19. The van der Waals surface area contributed by atoms with Crippen molar-refractivity contribution in [3.63, 3.8) is 0 Å². The van der Waals surface area contributed by atoms with Crippen LogP contribution in [0.15, 0.2) is 34.9 Å². The molecule has 0 aliphatic rings. The first kappa shape index (κ1) is 8.36. The average molecular weight is 174 g/mol.